The van der Waals surface area contributed by atoms with Crippen molar-refractivity contribution in [3.63, 3.8) is 0 Å². The molecule has 0 aliphatic carbocycles. The quantitative estimate of drug-likeness (QED) is 0.744. The average Bonchev–Trinajstić information content (AvgIpc) is 2.61. The molecule has 0 radical (unpaired) electrons. The van der Waals surface area contributed by atoms with Gasteiger partial charge < -0.3 is 15.4 Å². The molecular formula is C19H19FN2O4. The van der Waals surface area contributed by atoms with E-state index in [0.29, 0.717) is 18.7 Å². The van der Waals surface area contributed by atoms with Gasteiger partial charge in [0, 0.05) is 19.2 Å². The third-order valence-electron chi connectivity index (χ3n) is 3.40. The molecule has 0 saturated carbocycles. The first-order valence-electron chi connectivity index (χ1n) is 8.00. The van der Waals surface area contributed by atoms with Crippen molar-refractivity contribution < 1.29 is 23.5 Å². The van der Waals surface area contributed by atoms with Crippen LogP contribution in [0.4, 0.5) is 10.1 Å². The highest BCUT2D eigenvalue weighted by atomic mass is 19.1. The molecule has 2 aromatic rings. The Morgan fingerprint density at radius 3 is 2.50 bits per heavy atom. The number of ether oxygens (including phenoxy) is 1. The van der Waals surface area contributed by atoms with Crippen molar-refractivity contribution in [3.05, 3.63) is 65.5 Å². The van der Waals surface area contributed by atoms with Gasteiger partial charge in [0.2, 0.25) is 5.91 Å². The second-order valence-corrected chi connectivity index (χ2v) is 5.56. The van der Waals surface area contributed by atoms with E-state index in [-0.39, 0.29) is 17.3 Å². The van der Waals surface area contributed by atoms with E-state index in [4.69, 9.17) is 4.74 Å². The van der Waals surface area contributed by atoms with Crippen molar-refractivity contribution in [2.45, 2.75) is 13.3 Å². The van der Waals surface area contributed by atoms with Crippen LogP contribution in [0.15, 0.2) is 48.5 Å². The van der Waals surface area contributed by atoms with Crippen molar-refractivity contribution in [2.75, 3.05) is 18.5 Å². The Kier molecular flexibility index (Phi) is 6.84. The zero-order valence-electron chi connectivity index (χ0n) is 14.3. The summed E-state index contributed by atoms with van der Waals surface area (Å²) in [5.74, 6) is -1.66. The molecule has 2 amide bonds. The van der Waals surface area contributed by atoms with E-state index in [1.807, 2.05) is 0 Å². The molecular weight excluding hydrogens is 339 g/mol. The van der Waals surface area contributed by atoms with E-state index in [0.717, 1.165) is 5.56 Å². The zero-order chi connectivity index (χ0) is 18.9. The summed E-state index contributed by atoms with van der Waals surface area (Å²) in [6.45, 7) is 1.30. The molecule has 2 aromatic carbocycles. The first-order chi connectivity index (χ1) is 12.4. The summed E-state index contributed by atoms with van der Waals surface area (Å²) < 4.78 is 17.8. The third kappa shape index (κ3) is 6.35. The lowest BCUT2D eigenvalue weighted by Crippen LogP contribution is -2.30. The molecule has 0 aliphatic rings. The van der Waals surface area contributed by atoms with Crippen LogP contribution in [-0.2, 0) is 20.7 Å². The molecule has 0 unspecified atom stereocenters. The van der Waals surface area contributed by atoms with Gasteiger partial charge in [-0.3, -0.25) is 9.59 Å². The van der Waals surface area contributed by atoms with Gasteiger partial charge in [0.05, 0.1) is 5.56 Å². The highest BCUT2D eigenvalue weighted by molar-refractivity contribution is 5.94. The number of hydrogen-bond acceptors (Lipinski definition) is 4. The standard InChI is InChI=1S/C19H19FN2O4/c1-13(23)22-17-4-2-3-15(11-17)19(25)26-12-18(24)21-10-9-14-5-7-16(20)8-6-14/h2-8,11H,9-10,12H2,1H3,(H,21,24)(H,22,23). The number of halogens is 1. The van der Waals surface area contributed by atoms with Crippen LogP contribution in [0.3, 0.4) is 0 Å². The molecule has 2 rings (SSSR count). The molecule has 0 aromatic heterocycles. The molecule has 0 fully saturated rings. The first kappa shape index (κ1) is 19.1. The number of rotatable bonds is 7. The molecule has 0 bridgehead atoms. The normalized spacial score (nSPS) is 10.1. The summed E-state index contributed by atoms with van der Waals surface area (Å²) in [6.07, 6.45) is 0.540. The SMILES string of the molecule is CC(=O)Nc1cccc(C(=O)OCC(=O)NCCc2ccc(F)cc2)c1. The highest BCUT2D eigenvalue weighted by Crippen LogP contribution is 2.11. The molecule has 0 heterocycles. The van der Waals surface area contributed by atoms with Gasteiger partial charge in [0.15, 0.2) is 6.61 Å². The average molecular weight is 358 g/mol. The number of esters is 1. The van der Waals surface area contributed by atoms with Crippen molar-refractivity contribution in [1.29, 1.82) is 0 Å². The fourth-order valence-electron chi connectivity index (χ4n) is 2.19. The van der Waals surface area contributed by atoms with E-state index in [1.54, 1.807) is 24.3 Å². The van der Waals surface area contributed by atoms with Gasteiger partial charge in [0.25, 0.3) is 5.91 Å². The lowest BCUT2D eigenvalue weighted by molar-refractivity contribution is -0.124. The summed E-state index contributed by atoms with van der Waals surface area (Å²) >= 11 is 0. The first-order valence-corrected chi connectivity index (χ1v) is 8.00. The second-order valence-electron chi connectivity index (χ2n) is 5.56. The van der Waals surface area contributed by atoms with Crippen LogP contribution in [0.25, 0.3) is 0 Å². The van der Waals surface area contributed by atoms with Gasteiger partial charge in [-0.25, -0.2) is 9.18 Å². The third-order valence-corrected chi connectivity index (χ3v) is 3.40. The van der Waals surface area contributed by atoms with Gasteiger partial charge in [-0.15, -0.1) is 0 Å². The predicted molar refractivity (Wildman–Crippen MR) is 94.1 cm³/mol. The van der Waals surface area contributed by atoms with Crippen molar-refractivity contribution in [3.8, 4) is 0 Å². The minimum absolute atomic E-state index is 0.232. The minimum Gasteiger partial charge on any atom is -0.452 e. The van der Waals surface area contributed by atoms with Crippen molar-refractivity contribution in [2.24, 2.45) is 0 Å². The minimum atomic E-state index is -0.661. The van der Waals surface area contributed by atoms with Crippen molar-refractivity contribution in [1.82, 2.24) is 5.32 Å². The smallest absolute Gasteiger partial charge is 0.338 e. The summed E-state index contributed by atoms with van der Waals surface area (Å²) in [6, 6.07) is 12.2. The second kappa shape index (κ2) is 9.31. The molecule has 6 nitrogen and oxygen atoms in total. The summed E-state index contributed by atoms with van der Waals surface area (Å²) in [7, 11) is 0. The van der Waals surface area contributed by atoms with Crippen LogP contribution in [0.5, 0.6) is 0 Å². The number of anilines is 1. The van der Waals surface area contributed by atoms with E-state index in [2.05, 4.69) is 10.6 Å². The predicted octanol–water partition coefficient (Wildman–Crippen LogP) is 2.30. The zero-order valence-corrected chi connectivity index (χ0v) is 14.3. The van der Waals surface area contributed by atoms with E-state index >= 15 is 0 Å². The van der Waals surface area contributed by atoms with Gasteiger partial charge in [0.1, 0.15) is 5.82 Å². The maximum Gasteiger partial charge on any atom is 0.338 e. The van der Waals surface area contributed by atoms with Gasteiger partial charge in [-0.2, -0.15) is 0 Å². The van der Waals surface area contributed by atoms with Crippen LogP contribution in [0.2, 0.25) is 0 Å². The Labute approximate surface area is 150 Å². The number of carbonyl (C=O) groups excluding carboxylic acids is 3. The van der Waals surface area contributed by atoms with Crippen LogP contribution in [-0.4, -0.2) is 30.9 Å². The van der Waals surface area contributed by atoms with Crippen molar-refractivity contribution >= 4 is 23.5 Å². The molecule has 0 aliphatic heterocycles. The maximum atomic E-state index is 12.8. The van der Waals surface area contributed by atoms with Gasteiger partial charge in [-0.1, -0.05) is 18.2 Å². The Bertz CT molecular complexity index is 790. The van der Waals surface area contributed by atoms with Gasteiger partial charge in [-0.05, 0) is 42.3 Å². The Balaban J connectivity index is 1.75. The molecule has 136 valence electrons. The fraction of sp³-hybridized carbons (Fsp3) is 0.211. The number of nitrogens with one attached hydrogen (secondary N) is 2. The monoisotopic (exact) mass is 358 g/mol. The molecule has 26 heavy (non-hydrogen) atoms. The largest absolute Gasteiger partial charge is 0.452 e. The Hall–Kier alpha value is -3.22. The van der Waals surface area contributed by atoms with E-state index in [9.17, 15) is 18.8 Å². The number of benzene rings is 2. The molecule has 0 atom stereocenters. The summed E-state index contributed by atoms with van der Waals surface area (Å²) in [5, 5.41) is 5.19. The number of amides is 2. The molecule has 2 N–H and O–H groups in total. The lowest BCUT2D eigenvalue weighted by Gasteiger charge is -2.08. The van der Waals surface area contributed by atoms with E-state index < -0.39 is 18.5 Å². The fourth-order valence-corrected chi connectivity index (χ4v) is 2.19. The summed E-state index contributed by atoms with van der Waals surface area (Å²) in [5.41, 5.74) is 1.59. The number of carbonyl (C=O) groups is 3. The van der Waals surface area contributed by atoms with Gasteiger partial charge >= 0.3 is 5.97 Å². The summed E-state index contributed by atoms with van der Waals surface area (Å²) in [4.78, 5) is 34.7. The van der Waals surface area contributed by atoms with E-state index in [1.165, 1.54) is 31.2 Å². The lowest BCUT2D eigenvalue weighted by atomic mass is 10.1. The Morgan fingerprint density at radius 2 is 1.81 bits per heavy atom. The van der Waals surface area contributed by atoms with Crippen LogP contribution in [0.1, 0.15) is 22.8 Å². The maximum absolute atomic E-state index is 12.8. The molecule has 7 heteroatoms. The Morgan fingerprint density at radius 1 is 1.08 bits per heavy atom. The highest BCUT2D eigenvalue weighted by Gasteiger charge is 2.11. The molecule has 0 spiro atoms. The van der Waals surface area contributed by atoms with Crippen LogP contribution < -0.4 is 10.6 Å². The van der Waals surface area contributed by atoms with Crippen LogP contribution in [0, 0.1) is 5.82 Å². The van der Waals surface area contributed by atoms with Crippen LogP contribution >= 0.6 is 0 Å². The topological polar surface area (TPSA) is 84.5 Å². The molecule has 0 saturated heterocycles. The number of hydrogen-bond donors (Lipinski definition) is 2.